The topological polar surface area (TPSA) is 39.9 Å². The smallest absolute Gasteiger partial charge is 0.237 e. The molecule has 0 bridgehead atoms. The highest BCUT2D eigenvalue weighted by molar-refractivity contribution is 5.78. The second kappa shape index (κ2) is 8.32. The summed E-state index contributed by atoms with van der Waals surface area (Å²) < 4.78 is 5.41. The van der Waals surface area contributed by atoms with Crippen molar-refractivity contribution in [2.75, 3.05) is 39.8 Å². The lowest BCUT2D eigenvalue weighted by Gasteiger charge is -2.35. The van der Waals surface area contributed by atoms with Gasteiger partial charge < -0.3 is 9.32 Å². The highest BCUT2D eigenvalue weighted by Gasteiger charge is 2.24. The molecule has 0 aliphatic carbocycles. The first-order valence-corrected chi connectivity index (χ1v) is 8.91. The number of hydrogen-bond acceptors (Lipinski definition) is 4. The van der Waals surface area contributed by atoms with Gasteiger partial charge in [-0.1, -0.05) is 30.3 Å². The molecule has 1 atom stereocenters. The lowest BCUT2D eigenvalue weighted by molar-refractivity contribution is -0.133. The first-order chi connectivity index (χ1) is 12.1. The van der Waals surface area contributed by atoms with E-state index in [-0.39, 0.29) is 11.9 Å². The largest absolute Gasteiger partial charge is 0.467 e. The van der Waals surface area contributed by atoms with E-state index in [4.69, 9.17) is 4.42 Å². The van der Waals surface area contributed by atoms with Crippen LogP contribution in [0.3, 0.4) is 0 Å². The van der Waals surface area contributed by atoms with Crippen LogP contribution in [0.25, 0.3) is 0 Å². The Morgan fingerprint density at radius 3 is 2.40 bits per heavy atom. The predicted octanol–water partition coefficient (Wildman–Crippen LogP) is 2.62. The lowest BCUT2D eigenvalue weighted by Crippen LogP contribution is -2.49. The lowest BCUT2D eigenvalue weighted by atomic mass is 10.2. The van der Waals surface area contributed by atoms with Gasteiger partial charge in [0, 0.05) is 39.8 Å². The number of hydrogen-bond donors (Lipinski definition) is 0. The van der Waals surface area contributed by atoms with Crippen LogP contribution in [0.4, 0.5) is 0 Å². The van der Waals surface area contributed by atoms with Crippen molar-refractivity contribution in [2.45, 2.75) is 19.5 Å². The molecule has 0 spiro atoms. The normalized spacial score (nSPS) is 17.4. The molecule has 0 radical (unpaired) electrons. The maximum absolute atomic E-state index is 12.5. The summed E-state index contributed by atoms with van der Waals surface area (Å²) in [6.45, 7) is 7.32. The zero-order chi connectivity index (χ0) is 17.6. The minimum absolute atomic E-state index is 0.0399. The van der Waals surface area contributed by atoms with Crippen LogP contribution in [0, 0.1) is 0 Å². The molecular weight excluding hydrogens is 314 g/mol. The van der Waals surface area contributed by atoms with Gasteiger partial charge in [-0.05, 0) is 24.6 Å². The average Bonchev–Trinajstić information content (AvgIpc) is 3.17. The number of benzene rings is 1. The van der Waals surface area contributed by atoms with E-state index in [0.717, 1.165) is 38.5 Å². The fourth-order valence-electron chi connectivity index (χ4n) is 3.19. The molecule has 0 saturated carbocycles. The van der Waals surface area contributed by atoms with E-state index in [0.29, 0.717) is 6.54 Å². The molecule has 1 aliphatic rings. The third-order valence-electron chi connectivity index (χ3n) is 5.00. The maximum Gasteiger partial charge on any atom is 0.237 e. The summed E-state index contributed by atoms with van der Waals surface area (Å²) in [5.74, 6) is 0.962. The summed E-state index contributed by atoms with van der Waals surface area (Å²) in [7, 11) is 1.85. The molecule has 3 rings (SSSR count). The van der Waals surface area contributed by atoms with E-state index in [9.17, 15) is 4.79 Å². The van der Waals surface area contributed by atoms with Crippen molar-refractivity contribution in [1.29, 1.82) is 0 Å². The van der Waals surface area contributed by atoms with Crippen LogP contribution in [0.5, 0.6) is 0 Å². The third-order valence-corrected chi connectivity index (χ3v) is 5.00. The maximum atomic E-state index is 12.5. The molecule has 5 nitrogen and oxygen atoms in total. The molecule has 134 valence electrons. The number of furan rings is 1. The SMILES string of the molecule is CC(c1ccco1)N(C)C(=O)CN1CCN(Cc2ccccc2)CC1. The molecule has 5 heteroatoms. The van der Waals surface area contributed by atoms with Crippen LogP contribution < -0.4 is 0 Å². The summed E-state index contributed by atoms with van der Waals surface area (Å²) in [6.07, 6.45) is 1.65. The molecule has 1 aliphatic heterocycles. The van der Waals surface area contributed by atoms with Crippen molar-refractivity contribution in [3.05, 3.63) is 60.1 Å². The van der Waals surface area contributed by atoms with Gasteiger partial charge in [0.1, 0.15) is 5.76 Å². The van der Waals surface area contributed by atoms with Gasteiger partial charge in [0.25, 0.3) is 0 Å². The van der Waals surface area contributed by atoms with Crippen LogP contribution in [0.2, 0.25) is 0 Å². The van der Waals surface area contributed by atoms with Crippen molar-refractivity contribution in [1.82, 2.24) is 14.7 Å². The van der Waals surface area contributed by atoms with E-state index < -0.39 is 0 Å². The Labute approximate surface area is 149 Å². The van der Waals surface area contributed by atoms with Gasteiger partial charge in [-0.25, -0.2) is 0 Å². The molecule has 1 aromatic heterocycles. The minimum Gasteiger partial charge on any atom is -0.467 e. The zero-order valence-electron chi connectivity index (χ0n) is 15.1. The highest BCUT2D eigenvalue weighted by Crippen LogP contribution is 2.19. The van der Waals surface area contributed by atoms with Gasteiger partial charge in [0.05, 0.1) is 18.8 Å². The Morgan fingerprint density at radius 2 is 1.76 bits per heavy atom. The molecule has 1 fully saturated rings. The molecule has 1 saturated heterocycles. The molecule has 1 amide bonds. The first-order valence-electron chi connectivity index (χ1n) is 8.91. The summed E-state index contributed by atoms with van der Waals surface area (Å²) in [4.78, 5) is 19.0. The number of amides is 1. The number of carbonyl (C=O) groups excluding carboxylic acids is 1. The van der Waals surface area contributed by atoms with E-state index in [1.807, 2.05) is 32.2 Å². The monoisotopic (exact) mass is 341 g/mol. The molecule has 2 aromatic rings. The van der Waals surface area contributed by atoms with Crippen LogP contribution in [-0.4, -0.2) is 60.4 Å². The fourth-order valence-corrected chi connectivity index (χ4v) is 3.19. The molecule has 1 aromatic carbocycles. The predicted molar refractivity (Wildman–Crippen MR) is 98.1 cm³/mol. The van der Waals surface area contributed by atoms with Gasteiger partial charge in [-0.2, -0.15) is 0 Å². The van der Waals surface area contributed by atoms with E-state index >= 15 is 0 Å². The zero-order valence-corrected chi connectivity index (χ0v) is 15.1. The summed E-state index contributed by atoms with van der Waals surface area (Å²) in [5.41, 5.74) is 1.35. The van der Waals surface area contributed by atoms with Crippen molar-refractivity contribution >= 4 is 5.91 Å². The van der Waals surface area contributed by atoms with Gasteiger partial charge in [-0.3, -0.25) is 14.6 Å². The molecule has 0 N–H and O–H groups in total. The Bertz CT molecular complexity index is 649. The second-order valence-electron chi connectivity index (χ2n) is 6.73. The highest BCUT2D eigenvalue weighted by atomic mass is 16.3. The van der Waals surface area contributed by atoms with E-state index in [2.05, 4.69) is 34.1 Å². The van der Waals surface area contributed by atoms with E-state index in [1.165, 1.54) is 5.56 Å². The number of carbonyl (C=O) groups is 1. The van der Waals surface area contributed by atoms with Crippen molar-refractivity contribution in [3.8, 4) is 0 Å². The number of nitrogens with zero attached hydrogens (tertiary/aromatic N) is 3. The number of likely N-dealkylation sites (N-methyl/N-ethyl adjacent to an activating group) is 1. The van der Waals surface area contributed by atoms with Crippen LogP contribution in [-0.2, 0) is 11.3 Å². The Kier molecular flexibility index (Phi) is 5.89. The summed E-state index contributed by atoms with van der Waals surface area (Å²) in [6, 6.07) is 14.3. The molecule has 25 heavy (non-hydrogen) atoms. The van der Waals surface area contributed by atoms with Crippen molar-refractivity contribution in [2.24, 2.45) is 0 Å². The van der Waals surface area contributed by atoms with Gasteiger partial charge >= 0.3 is 0 Å². The third kappa shape index (κ3) is 4.71. The van der Waals surface area contributed by atoms with E-state index in [1.54, 1.807) is 11.2 Å². The van der Waals surface area contributed by atoms with Crippen molar-refractivity contribution in [3.63, 3.8) is 0 Å². The van der Waals surface area contributed by atoms with Crippen LogP contribution in [0.1, 0.15) is 24.3 Å². The van der Waals surface area contributed by atoms with Gasteiger partial charge in [0.15, 0.2) is 0 Å². The summed E-state index contributed by atoms with van der Waals surface area (Å²) >= 11 is 0. The number of piperazine rings is 1. The van der Waals surface area contributed by atoms with Crippen LogP contribution >= 0.6 is 0 Å². The minimum atomic E-state index is -0.0399. The average molecular weight is 341 g/mol. The molecular formula is C20H27N3O2. The quantitative estimate of drug-likeness (QED) is 0.810. The van der Waals surface area contributed by atoms with Crippen molar-refractivity contribution < 1.29 is 9.21 Å². The Hall–Kier alpha value is -2.11. The first kappa shape index (κ1) is 17.7. The summed E-state index contributed by atoms with van der Waals surface area (Å²) in [5, 5.41) is 0. The van der Waals surface area contributed by atoms with Gasteiger partial charge in [0.2, 0.25) is 5.91 Å². The second-order valence-corrected chi connectivity index (χ2v) is 6.73. The van der Waals surface area contributed by atoms with Crippen LogP contribution in [0.15, 0.2) is 53.1 Å². The Morgan fingerprint density at radius 1 is 1.08 bits per heavy atom. The molecule has 2 heterocycles. The Balaban J connectivity index is 1.44. The van der Waals surface area contributed by atoms with Gasteiger partial charge in [-0.15, -0.1) is 0 Å². The molecule has 1 unspecified atom stereocenters. The number of rotatable bonds is 6. The standard InChI is InChI=1S/C20H27N3O2/c1-17(19-9-6-14-25-19)21(2)20(24)16-23-12-10-22(11-13-23)15-18-7-4-3-5-8-18/h3-9,14,17H,10-13,15-16H2,1-2H3. The fraction of sp³-hybridized carbons (Fsp3) is 0.450.